The molecule has 0 saturated carbocycles. The number of aryl methyl sites for hydroxylation is 1. The first-order valence-electron chi connectivity index (χ1n) is 4.68. The maximum Gasteiger partial charge on any atom is 0.188 e. The van der Waals surface area contributed by atoms with Gasteiger partial charge in [0, 0.05) is 12.7 Å². The first-order chi connectivity index (χ1) is 6.74. The van der Waals surface area contributed by atoms with Crippen LogP contribution in [0.15, 0.2) is 23.3 Å². The average Bonchev–Trinajstić information content (AvgIpc) is 2.17. The third-order valence-electron chi connectivity index (χ3n) is 1.87. The number of nitrogens with two attached hydrogens (primary N) is 1. The zero-order valence-corrected chi connectivity index (χ0v) is 8.62. The number of guanidine groups is 1. The minimum Gasteiger partial charge on any atom is -0.370 e. The van der Waals surface area contributed by atoms with Crippen molar-refractivity contribution in [2.45, 2.75) is 20.4 Å². The molecule has 0 spiro atoms. The zero-order chi connectivity index (χ0) is 10.4. The Kier molecular flexibility index (Phi) is 3.91. The second kappa shape index (κ2) is 5.21. The van der Waals surface area contributed by atoms with E-state index in [1.54, 1.807) is 6.20 Å². The van der Waals surface area contributed by atoms with Gasteiger partial charge in [-0.2, -0.15) is 0 Å². The van der Waals surface area contributed by atoms with Crippen LogP contribution in [0.2, 0.25) is 0 Å². The highest BCUT2D eigenvalue weighted by molar-refractivity contribution is 5.77. The summed E-state index contributed by atoms with van der Waals surface area (Å²) in [5, 5.41) is 2.94. The Morgan fingerprint density at radius 2 is 2.43 bits per heavy atom. The first kappa shape index (κ1) is 10.5. The van der Waals surface area contributed by atoms with Crippen molar-refractivity contribution >= 4 is 5.96 Å². The van der Waals surface area contributed by atoms with Crippen molar-refractivity contribution in [1.29, 1.82) is 0 Å². The molecule has 0 aliphatic carbocycles. The third kappa shape index (κ3) is 3.05. The molecule has 1 aromatic heterocycles. The van der Waals surface area contributed by atoms with E-state index in [1.165, 1.54) is 0 Å². The van der Waals surface area contributed by atoms with Gasteiger partial charge < -0.3 is 11.1 Å². The van der Waals surface area contributed by atoms with Crippen molar-refractivity contribution < 1.29 is 0 Å². The number of nitrogens with one attached hydrogen (secondary N) is 1. The SMILES string of the molecule is CCNC(N)=NCc1ncccc1C. The van der Waals surface area contributed by atoms with Crippen LogP contribution >= 0.6 is 0 Å². The van der Waals surface area contributed by atoms with Crippen LogP contribution in [0.3, 0.4) is 0 Å². The molecule has 0 amide bonds. The summed E-state index contributed by atoms with van der Waals surface area (Å²) >= 11 is 0. The molecule has 0 unspecified atom stereocenters. The van der Waals surface area contributed by atoms with Crippen molar-refractivity contribution in [2.24, 2.45) is 10.7 Å². The lowest BCUT2D eigenvalue weighted by atomic mass is 10.2. The molecule has 0 saturated heterocycles. The fraction of sp³-hybridized carbons (Fsp3) is 0.400. The number of hydrogen-bond acceptors (Lipinski definition) is 2. The average molecular weight is 192 g/mol. The predicted molar refractivity (Wildman–Crippen MR) is 58.0 cm³/mol. The molecular weight excluding hydrogens is 176 g/mol. The molecule has 0 bridgehead atoms. The highest BCUT2D eigenvalue weighted by Crippen LogP contribution is 2.03. The van der Waals surface area contributed by atoms with Crippen LogP contribution in [-0.4, -0.2) is 17.5 Å². The predicted octanol–water partition coefficient (Wildman–Crippen LogP) is 0.814. The highest BCUT2D eigenvalue weighted by Gasteiger charge is 1.96. The zero-order valence-electron chi connectivity index (χ0n) is 8.62. The highest BCUT2D eigenvalue weighted by atomic mass is 15.1. The van der Waals surface area contributed by atoms with Crippen LogP contribution in [0.4, 0.5) is 0 Å². The topological polar surface area (TPSA) is 63.3 Å². The van der Waals surface area contributed by atoms with Gasteiger partial charge in [-0.25, -0.2) is 4.99 Å². The molecule has 0 aromatic carbocycles. The number of aromatic nitrogens is 1. The Balaban J connectivity index is 2.61. The Hall–Kier alpha value is -1.58. The van der Waals surface area contributed by atoms with Crippen LogP contribution in [0.1, 0.15) is 18.2 Å². The number of pyridine rings is 1. The second-order valence-electron chi connectivity index (χ2n) is 3.00. The first-order valence-corrected chi connectivity index (χ1v) is 4.68. The van der Waals surface area contributed by atoms with Gasteiger partial charge in [0.1, 0.15) is 0 Å². The molecule has 4 heteroatoms. The van der Waals surface area contributed by atoms with Gasteiger partial charge in [0.05, 0.1) is 12.2 Å². The summed E-state index contributed by atoms with van der Waals surface area (Å²) in [5.41, 5.74) is 7.70. The molecule has 1 aromatic rings. The molecule has 0 aliphatic heterocycles. The van der Waals surface area contributed by atoms with Crippen LogP contribution in [0.5, 0.6) is 0 Å². The van der Waals surface area contributed by atoms with E-state index in [1.807, 2.05) is 26.0 Å². The van der Waals surface area contributed by atoms with Gasteiger partial charge in [-0.1, -0.05) is 6.07 Å². The van der Waals surface area contributed by atoms with Crippen molar-refractivity contribution in [2.75, 3.05) is 6.54 Å². The summed E-state index contributed by atoms with van der Waals surface area (Å²) in [6.45, 7) is 5.32. The lowest BCUT2D eigenvalue weighted by Gasteiger charge is -2.03. The summed E-state index contributed by atoms with van der Waals surface area (Å²) in [4.78, 5) is 8.39. The molecule has 14 heavy (non-hydrogen) atoms. The fourth-order valence-corrected chi connectivity index (χ4v) is 1.08. The van der Waals surface area contributed by atoms with E-state index >= 15 is 0 Å². The molecule has 1 heterocycles. The minimum atomic E-state index is 0.470. The number of nitrogens with zero attached hydrogens (tertiary/aromatic N) is 2. The normalized spacial score (nSPS) is 11.4. The van der Waals surface area contributed by atoms with Gasteiger partial charge >= 0.3 is 0 Å². The lowest BCUT2D eigenvalue weighted by Crippen LogP contribution is -2.31. The summed E-state index contributed by atoms with van der Waals surface area (Å²) in [7, 11) is 0. The van der Waals surface area contributed by atoms with E-state index in [0.717, 1.165) is 17.8 Å². The Morgan fingerprint density at radius 1 is 1.64 bits per heavy atom. The molecule has 0 fully saturated rings. The van der Waals surface area contributed by atoms with Crippen LogP contribution < -0.4 is 11.1 Å². The summed E-state index contributed by atoms with van der Waals surface area (Å²) in [6, 6.07) is 3.93. The van der Waals surface area contributed by atoms with Crippen molar-refractivity contribution in [1.82, 2.24) is 10.3 Å². The van der Waals surface area contributed by atoms with E-state index in [4.69, 9.17) is 5.73 Å². The maximum absolute atomic E-state index is 5.59. The van der Waals surface area contributed by atoms with Crippen LogP contribution in [-0.2, 0) is 6.54 Å². The minimum absolute atomic E-state index is 0.470. The van der Waals surface area contributed by atoms with E-state index < -0.39 is 0 Å². The van der Waals surface area contributed by atoms with Crippen molar-refractivity contribution in [3.8, 4) is 0 Å². The Labute approximate surface area is 84.3 Å². The smallest absolute Gasteiger partial charge is 0.188 e. The number of hydrogen-bond donors (Lipinski definition) is 2. The van der Waals surface area contributed by atoms with Gasteiger partial charge in [0.25, 0.3) is 0 Å². The molecular formula is C10H16N4. The van der Waals surface area contributed by atoms with E-state index in [9.17, 15) is 0 Å². The standard InChI is InChI=1S/C10H16N4/c1-3-12-10(11)14-7-9-8(2)5-4-6-13-9/h4-6H,3,7H2,1-2H3,(H3,11,12,14). The monoisotopic (exact) mass is 192 g/mol. The van der Waals surface area contributed by atoms with Gasteiger partial charge in [0.15, 0.2) is 5.96 Å². The maximum atomic E-state index is 5.59. The van der Waals surface area contributed by atoms with E-state index in [0.29, 0.717) is 12.5 Å². The third-order valence-corrected chi connectivity index (χ3v) is 1.87. The van der Waals surface area contributed by atoms with Crippen LogP contribution in [0, 0.1) is 6.92 Å². The second-order valence-corrected chi connectivity index (χ2v) is 3.00. The lowest BCUT2D eigenvalue weighted by molar-refractivity contribution is 0.904. The van der Waals surface area contributed by atoms with Gasteiger partial charge in [-0.3, -0.25) is 4.98 Å². The molecule has 76 valence electrons. The molecule has 0 aliphatic rings. The van der Waals surface area contributed by atoms with Crippen molar-refractivity contribution in [3.05, 3.63) is 29.6 Å². The van der Waals surface area contributed by atoms with Crippen molar-refractivity contribution in [3.63, 3.8) is 0 Å². The van der Waals surface area contributed by atoms with Crippen LogP contribution in [0.25, 0.3) is 0 Å². The largest absolute Gasteiger partial charge is 0.370 e. The fourth-order valence-electron chi connectivity index (χ4n) is 1.08. The molecule has 0 atom stereocenters. The quantitative estimate of drug-likeness (QED) is 0.550. The number of aliphatic imine (C=N–C) groups is 1. The molecule has 1 rings (SSSR count). The van der Waals surface area contributed by atoms with Gasteiger partial charge in [-0.05, 0) is 25.5 Å². The van der Waals surface area contributed by atoms with Gasteiger partial charge in [0.2, 0.25) is 0 Å². The molecule has 4 nitrogen and oxygen atoms in total. The molecule has 0 radical (unpaired) electrons. The summed E-state index contributed by atoms with van der Waals surface area (Å²) in [6.07, 6.45) is 1.77. The van der Waals surface area contributed by atoms with Gasteiger partial charge in [-0.15, -0.1) is 0 Å². The summed E-state index contributed by atoms with van der Waals surface area (Å²) < 4.78 is 0. The van der Waals surface area contributed by atoms with E-state index in [2.05, 4.69) is 15.3 Å². The molecule has 3 N–H and O–H groups in total. The van der Waals surface area contributed by atoms with E-state index in [-0.39, 0.29) is 0 Å². The Morgan fingerprint density at radius 3 is 3.07 bits per heavy atom. The summed E-state index contributed by atoms with van der Waals surface area (Å²) in [5.74, 6) is 0.470. The number of rotatable bonds is 3. The Bertz CT molecular complexity index is 320.